The first-order valence-electron chi connectivity index (χ1n) is 8.12. The molecular weight excluding hydrogens is 265 g/mol. The predicted octanol–water partition coefficient (Wildman–Crippen LogP) is 3.84. The van der Waals surface area contributed by atoms with Crippen LogP contribution in [0.15, 0.2) is 24.3 Å². The zero-order valence-electron chi connectivity index (χ0n) is 13.2. The van der Waals surface area contributed by atoms with Gasteiger partial charge in [0.2, 0.25) is 0 Å². The molecule has 118 valence electrons. The minimum atomic E-state index is -0.446. The van der Waals surface area contributed by atoms with Crippen molar-refractivity contribution in [1.29, 1.82) is 0 Å². The first-order chi connectivity index (χ1) is 9.98. The van der Waals surface area contributed by atoms with Gasteiger partial charge in [0.05, 0.1) is 6.10 Å². The summed E-state index contributed by atoms with van der Waals surface area (Å²) in [5, 5.41) is 11.1. The zero-order valence-corrected chi connectivity index (χ0v) is 13.2. The molecule has 2 rings (SSSR count). The van der Waals surface area contributed by atoms with E-state index in [4.69, 9.17) is 5.73 Å². The van der Waals surface area contributed by atoms with Crippen LogP contribution in [0, 0.1) is 17.2 Å². The molecule has 0 aliphatic heterocycles. The fraction of sp³-hybridized carbons (Fsp3) is 0.667. The molecular formula is C18H28FNO. The van der Waals surface area contributed by atoms with E-state index in [1.54, 1.807) is 12.1 Å². The maximum atomic E-state index is 13.1. The van der Waals surface area contributed by atoms with Crippen LogP contribution in [-0.4, -0.2) is 17.8 Å². The molecule has 0 aromatic heterocycles. The summed E-state index contributed by atoms with van der Waals surface area (Å²) < 4.78 is 13.1. The van der Waals surface area contributed by atoms with E-state index in [0.717, 1.165) is 24.8 Å². The minimum Gasteiger partial charge on any atom is -0.392 e. The third-order valence-electron chi connectivity index (χ3n) is 4.97. The van der Waals surface area contributed by atoms with Crippen LogP contribution in [0.25, 0.3) is 0 Å². The van der Waals surface area contributed by atoms with Crippen LogP contribution in [0.5, 0.6) is 0 Å². The summed E-state index contributed by atoms with van der Waals surface area (Å²) in [6.07, 6.45) is 5.10. The second-order valence-electron chi connectivity index (χ2n) is 7.01. The Kier molecular flexibility index (Phi) is 5.39. The van der Waals surface area contributed by atoms with Gasteiger partial charge in [-0.2, -0.15) is 0 Å². The van der Waals surface area contributed by atoms with Crippen LogP contribution in [0.3, 0.4) is 0 Å². The molecule has 21 heavy (non-hydrogen) atoms. The van der Waals surface area contributed by atoms with E-state index in [1.165, 1.54) is 25.0 Å². The molecule has 2 atom stereocenters. The molecule has 1 aliphatic carbocycles. The van der Waals surface area contributed by atoms with Gasteiger partial charge < -0.3 is 10.8 Å². The van der Waals surface area contributed by atoms with Gasteiger partial charge in [-0.1, -0.05) is 38.8 Å². The summed E-state index contributed by atoms with van der Waals surface area (Å²) in [5.41, 5.74) is 6.87. The maximum absolute atomic E-state index is 13.1. The summed E-state index contributed by atoms with van der Waals surface area (Å²) >= 11 is 0. The Hall–Kier alpha value is -0.930. The lowest BCUT2D eigenvalue weighted by atomic mass is 9.68. The van der Waals surface area contributed by atoms with Crippen LogP contribution in [-0.2, 0) is 0 Å². The number of rotatable bonds is 6. The van der Waals surface area contributed by atoms with Gasteiger partial charge in [-0.05, 0) is 48.3 Å². The molecule has 0 heterocycles. The summed E-state index contributed by atoms with van der Waals surface area (Å²) in [6.45, 7) is 4.82. The Morgan fingerprint density at radius 1 is 1.19 bits per heavy atom. The molecule has 1 aromatic carbocycles. The smallest absolute Gasteiger partial charge is 0.123 e. The normalized spacial score (nSPS) is 20.7. The highest BCUT2D eigenvalue weighted by Crippen LogP contribution is 2.49. The number of hydrogen-bond donors (Lipinski definition) is 2. The Morgan fingerprint density at radius 3 is 2.24 bits per heavy atom. The second kappa shape index (κ2) is 6.89. The number of hydrogen-bond acceptors (Lipinski definition) is 2. The standard InChI is InChI=1S/C18H28FNO/c1-13(2)11-18(9-3-4-10-18)17(21)16(12-20)14-5-7-15(19)8-6-14/h5-8,13,16-17,21H,3-4,9-12,20H2,1-2H3. The van der Waals surface area contributed by atoms with E-state index in [-0.39, 0.29) is 17.2 Å². The van der Waals surface area contributed by atoms with Crippen molar-refractivity contribution in [3.05, 3.63) is 35.6 Å². The first-order valence-corrected chi connectivity index (χ1v) is 8.12. The van der Waals surface area contributed by atoms with E-state index in [9.17, 15) is 9.50 Å². The van der Waals surface area contributed by atoms with Gasteiger partial charge in [0.1, 0.15) is 5.82 Å². The van der Waals surface area contributed by atoms with Gasteiger partial charge in [0.25, 0.3) is 0 Å². The van der Waals surface area contributed by atoms with Crippen molar-refractivity contribution in [3.8, 4) is 0 Å². The Balaban J connectivity index is 2.24. The van der Waals surface area contributed by atoms with Crippen LogP contribution in [0.1, 0.15) is 57.4 Å². The van der Waals surface area contributed by atoms with E-state index < -0.39 is 6.10 Å². The van der Waals surface area contributed by atoms with Crippen molar-refractivity contribution in [3.63, 3.8) is 0 Å². The molecule has 1 saturated carbocycles. The zero-order chi connectivity index (χ0) is 15.5. The molecule has 3 heteroatoms. The van der Waals surface area contributed by atoms with Gasteiger partial charge in [-0.25, -0.2) is 4.39 Å². The Morgan fingerprint density at radius 2 is 1.76 bits per heavy atom. The van der Waals surface area contributed by atoms with Crippen molar-refractivity contribution >= 4 is 0 Å². The lowest BCUT2D eigenvalue weighted by molar-refractivity contribution is -0.00505. The molecule has 1 fully saturated rings. The van der Waals surface area contributed by atoms with E-state index in [0.29, 0.717) is 12.5 Å². The van der Waals surface area contributed by atoms with Crippen LogP contribution in [0.4, 0.5) is 4.39 Å². The topological polar surface area (TPSA) is 46.2 Å². The summed E-state index contributed by atoms with van der Waals surface area (Å²) in [4.78, 5) is 0. The number of benzene rings is 1. The quantitative estimate of drug-likeness (QED) is 0.837. The Labute approximate surface area is 127 Å². The molecule has 3 N–H and O–H groups in total. The number of halogens is 1. The highest BCUT2D eigenvalue weighted by molar-refractivity contribution is 5.23. The molecule has 0 saturated heterocycles. The van der Waals surface area contributed by atoms with Gasteiger partial charge in [-0.3, -0.25) is 0 Å². The highest BCUT2D eigenvalue weighted by atomic mass is 19.1. The monoisotopic (exact) mass is 293 g/mol. The van der Waals surface area contributed by atoms with Gasteiger partial charge in [-0.15, -0.1) is 0 Å². The Bertz CT molecular complexity index is 437. The van der Waals surface area contributed by atoms with Crippen molar-refractivity contribution in [2.45, 2.75) is 58.0 Å². The molecule has 0 bridgehead atoms. The van der Waals surface area contributed by atoms with Crippen LogP contribution in [0.2, 0.25) is 0 Å². The van der Waals surface area contributed by atoms with Crippen molar-refractivity contribution in [2.75, 3.05) is 6.54 Å². The summed E-state index contributed by atoms with van der Waals surface area (Å²) in [7, 11) is 0. The largest absolute Gasteiger partial charge is 0.392 e. The third kappa shape index (κ3) is 3.64. The fourth-order valence-electron chi connectivity index (χ4n) is 4.10. The maximum Gasteiger partial charge on any atom is 0.123 e. The molecule has 2 nitrogen and oxygen atoms in total. The second-order valence-corrected chi connectivity index (χ2v) is 7.01. The SMILES string of the molecule is CC(C)CC1(C(O)C(CN)c2ccc(F)cc2)CCCC1. The molecule has 2 unspecified atom stereocenters. The van der Waals surface area contributed by atoms with Gasteiger partial charge >= 0.3 is 0 Å². The lowest BCUT2D eigenvalue weighted by Crippen LogP contribution is -2.41. The lowest BCUT2D eigenvalue weighted by Gasteiger charge is -2.40. The minimum absolute atomic E-state index is 0.0212. The number of aliphatic hydroxyl groups excluding tert-OH is 1. The van der Waals surface area contributed by atoms with Crippen LogP contribution < -0.4 is 5.73 Å². The fourth-order valence-corrected chi connectivity index (χ4v) is 4.10. The van der Waals surface area contributed by atoms with Crippen molar-refractivity contribution in [2.24, 2.45) is 17.1 Å². The average Bonchev–Trinajstić information content (AvgIpc) is 2.90. The van der Waals surface area contributed by atoms with Gasteiger partial charge in [0, 0.05) is 12.5 Å². The summed E-state index contributed by atoms with van der Waals surface area (Å²) in [6, 6.07) is 6.42. The van der Waals surface area contributed by atoms with Gasteiger partial charge in [0.15, 0.2) is 0 Å². The predicted molar refractivity (Wildman–Crippen MR) is 84.6 cm³/mol. The average molecular weight is 293 g/mol. The van der Waals surface area contributed by atoms with E-state index in [2.05, 4.69) is 13.8 Å². The highest BCUT2D eigenvalue weighted by Gasteiger charge is 2.44. The molecule has 0 radical (unpaired) electrons. The third-order valence-corrected chi connectivity index (χ3v) is 4.97. The molecule has 1 aromatic rings. The van der Waals surface area contributed by atoms with E-state index in [1.807, 2.05) is 0 Å². The molecule has 0 amide bonds. The van der Waals surface area contributed by atoms with Crippen molar-refractivity contribution < 1.29 is 9.50 Å². The molecule has 0 spiro atoms. The van der Waals surface area contributed by atoms with Crippen molar-refractivity contribution in [1.82, 2.24) is 0 Å². The summed E-state index contributed by atoms with van der Waals surface area (Å²) in [5.74, 6) is 0.202. The van der Waals surface area contributed by atoms with E-state index >= 15 is 0 Å². The van der Waals surface area contributed by atoms with Crippen LogP contribution >= 0.6 is 0 Å². The first kappa shape index (κ1) is 16.4. The number of aliphatic hydroxyl groups is 1. The number of nitrogens with two attached hydrogens (primary N) is 1. The molecule has 1 aliphatic rings.